The number of aryl methyl sites for hydroxylation is 1. The molecule has 0 aliphatic carbocycles. The van der Waals surface area contributed by atoms with Gasteiger partial charge in [0.25, 0.3) is 0 Å². The number of fused-ring (bicyclic) bond motifs is 1. The summed E-state index contributed by atoms with van der Waals surface area (Å²) in [6.45, 7) is 10.8. The highest BCUT2D eigenvalue weighted by Crippen LogP contribution is 2.44. The van der Waals surface area contributed by atoms with Gasteiger partial charge in [0.2, 0.25) is 0 Å². The van der Waals surface area contributed by atoms with E-state index >= 15 is 0 Å². The van der Waals surface area contributed by atoms with E-state index in [1.54, 1.807) is 0 Å². The maximum atomic E-state index is 5.52. The molecule has 0 spiro atoms. The summed E-state index contributed by atoms with van der Waals surface area (Å²) in [4.78, 5) is 5.17. The zero-order valence-electron chi connectivity index (χ0n) is 13.6. The molecule has 1 aromatic carbocycles. The molecule has 0 aromatic heterocycles. The predicted octanol–water partition coefficient (Wildman–Crippen LogP) is 2.57. The van der Waals surface area contributed by atoms with Gasteiger partial charge in [0, 0.05) is 38.8 Å². The van der Waals surface area contributed by atoms with Crippen molar-refractivity contribution >= 4 is 0 Å². The van der Waals surface area contributed by atoms with Gasteiger partial charge in [0.15, 0.2) is 0 Å². The van der Waals surface area contributed by atoms with Gasteiger partial charge in [0.1, 0.15) is 0 Å². The van der Waals surface area contributed by atoms with Crippen LogP contribution in [0.3, 0.4) is 0 Å². The number of hydrogen-bond donors (Lipinski definition) is 0. The third-order valence-corrected chi connectivity index (χ3v) is 5.23. The summed E-state index contributed by atoms with van der Waals surface area (Å²) < 4.78 is 5.52. The molecule has 2 fully saturated rings. The Morgan fingerprint density at radius 1 is 1.19 bits per heavy atom. The molecule has 0 amide bonds. The number of ether oxygens (including phenoxy) is 1. The molecule has 116 valence electrons. The summed E-state index contributed by atoms with van der Waals surface area (Å²) in [7, 11) is 2.29. The zero-order chi connectivity index (χ0) is 14.8. The van der Waals surface area contributed by atoms with E-state index in [-0.39, 0.29) is 0 Å². The molecule has 3 rings (SSSR count). The molecule has 0 saturated carbocycles. The van der Waals surface area contributed by atoms with Crippen LogP contribution in [-0.2, 0) is 4.74 Å². The Balaban J connectivity index is 1.70. The Bertz CT molecular complexity index is 476. The van der Waals surface area contributed by atoms with E-state index in [1.165, 1.54) is 30.8 Å². The first kappa shape index (κ1) is 15.0. The second-order valence-electron chi connectivity index (χ2n) is 6.62. The summed E-state index contributed by atoms with van der Waals surface area (Å²) >= 11 is 0. The Morgan fingerprint density at radius 2 is 2.00 bits per heavy atom. The van der Waals surface area contributed by atoms with E-state index in [4.69, 9.17) is 4.74 Å². The summed E-state index contributed by atoms with van der Waals surface area (Å²) in [6, 6.07) is 9.49. The number of hydrogen-bond acceptors (Lipinski definition) is 3. The van der Waals surface area contributed by atoms with Gasteiger partial charge >= 0.3 is 0 Å². The summed E-state index contributed by atoms with van der Waals surface area (Å²) in [5.41, 5.74) is 2.96. The maximum absolute atomic E-state index is 5.52. The quantitative estimate of drug-likeness (QED) is 0.775. The van der Waals surface area contributed by atoms with Crippen LogP contribution in [0.15, 0.2) is 24.3 Å². The second-order valence-corrected chi connectivity index (χ2v) is 6.62. The van der Waals surface area contributed by atoms with Crippen molar-refractivity contribution in [1.29, 1.82) is 0 Å². The van der Waals surface area contributed by atoms with Crippen LogP contribution < -0.4 is 0 Å². The van der Waals surface area contributed by atoms with E-state index in [0.717, 1.165) is 31.6 Å². The van der Waals surface area contributed by atoms with Crippen molar-refractivity contribution < 1.29 is 4.74 Å². The zero-order valence-corrected chi connectivity index (χ0v) is 13.6. The summed E-state index contributed by atoms with van der Waals surface area (Å²) in [5, 5.41) is 0. The molecular formula is C18H28N2O. The molecule has 2 saturated heterocycles. The first-order valence-corrected chi connectivity index (χ1v) is 8.26. The van der Waals surface area contributed by atoms with Gasteiger partial charge in [-0.3, -0.25) is 4.90 Å². The smallest absolute Gasteiger partial charge is 0.0593 e. The third-order valence-electron chi connectivity index (χ3n) is 5.23. The van der Waals surface area contributed by atoms with Crippen LogP contribution in [-0.4, -0.2) is 56.2 Å². The van der Waals surface area contributed by atoms with Gasteiger partial charge in [-0.2, -0.15) is 0 Å². The molecule has 2 aliphatic rings. The molecule has 1 aromatic rings. The number of likely N-dealkylation sites (tertiary alicyclic amines) is 2. The van der Waals surface area contributed by atoms with Gasteiger partial charge in [-0.25, -0.2) is 0 Å². The number of rotatable bonds is 5. The highest BCUT2D eigenvalue weighted by atomic mass is 16.5. The third kappa shape index (κ3) is 3.01. The van der Waals surface area contributed by atoms with Crippen molar-refractivity contribution in [3.63, 3.8) is 0 Å². The lowest BCUT2D eigenvalue weighted by molar-refractivity contribution is 0.115. The minimum Gasteiger partial charge on any atom is -0.380 e. The lowest BCUT2D eigenvalue weighted by Crippen LogP contribution is -2.31. The molecule has 0 radical (unpaired) electrons. The minimum atomic E-state index is 0.591. The van der Waals surface area contributed by atoms with E-state index in [9.17, 15) is 0 Å². The van der Waals surface area contributed by atoms with Crippen molar-refractivity contribution in [2.45, 2.75) is 19.9 Å². The molecular weight excluding hydrogens is 260 g/mol. The first-order chi connectivity index (χ1) is 10.2. The van der Waals surface area contributed by atoms with Crippen molar-refractivity contribution in [3.8, 4) is 0 Å². The van der Waals surface area contributed by atoms with Gasteiger partial charge < -0.3 is 9.64 Å². The Morgan fingerprint density at radius 3 is 2.76 bits per heavy atom. The van der Waals surface area contributed by atoms with Crippen LogP contribution in [0.4, 0.5) is 0 Å². The molecule has 3 nitrogen and oxygen atoms in total. The van der Waals surface area contributed by atoms with Gasteiger partial charge in [-0.05, 0) is 43.9 Å². The summed E-state index contributed by atoms with van der Waals surface area (Å²) in [5.74, 6) is 1.60. The molecule has 3 atom stereocenters. The van der Waals surface area contributed by atoms with Crippen molar-refractivity contribution in [2.75, 3.05) is 46.4 Å². The van der Waals surface area contributed by atoms with Crippen LogP contribution >= 0.6 is 0 Å². The van der Waals surface area contributed by atoms with Gasteiger partial charge in [-0.1, -0.05) is 24.3 Å². The van der Waals surface area contributed by atoms with Crippen LogP contribution in [0.1, 0.15) is 24.1 Å². The highest BCUT2D eigenvalue weighted by Gasteiger charge is 2.46. The normalized spacial score (nSPS) is 30.0. The Kier molecular flexibility index (Phi) is 4.63. The first-order valence-electron chi connectivity index (χ1n) is 8.26. The molecule has 0 bridgehead atoms. The standard InChI is InChI=1S/C18H28N2O/c1-4-21-10-9-20-12-15-11-19(3)18(17(15)13-20)16-8-6-5-7-14(16)2/h5-8,15,17-18H,4,9-13H2,1-3H3/t15-,17+,18-/m0/s1. The van der Waals surface area contributed by atoms with Crippen molar-refractivity contribution in [1.82, 2.24) is 9.80 Å². The van der Waals surface area contributed by atoms with Crippen LogP contribution in [0.5, 0.6) is 0 Å². The largest absolute Gasteiger partial charge is 0.380 e. The van der Waals surface area contributed by atoms with Crippen LogP contribution in [0.2, 0.25) is 0 Å². The number of benzene rings is 1. The second kappa shape index (κ2) is 6.47. The van der Waals surface area contributed by atoms with E-state index < -0.39 is 0 Å². The van der Waals surface area contributed by atoms with E-state index in [1.807, 2.05) is 0 Å². The monoisotopic (exact) mass is 288 g/mol. The predicted molar refractivity (Wildman–Crippen MR) is 86.5 cm³/mol. The maximum Gasteiger partial charge on any atom is 0.0593 e. The highest BCUT2D eigenvalue weighted by molar-refractivity contribution is 5.31. The minimum absolute atomic E-state index is 0.591. The number of nitrogens with zero attached hydrogens (tertiary/aromatic N) is 2. The molecule has 2 aliphatic heterocycles. The van der Waals surface area contributed by atoms with Crippen LogP contribution in [0.25, 0.3) is 0 Å². The Labute approximate surface area is 128 Å². The average molecular weight is 288 g/mol. The fourth-order valence-electron chi connectivity index (χ4n) is 4.26. The van der Waals surface area contributed by atoms with Crippen LogP contribution in [0, 0.1) is 18.8 Å². The molecule has 3 heteroatoms. The van der Waals surface area contributed by atoms with E-state index in [0.29, 0.717) is 6.04 Å². The summed E-state index contributed by atoms with van der Waals surface area (Å²) in [6.07, 6.45) is 0. The average Bonchev–Trinajstić information content (AvgIpc) is 2.96. The lowest BCUT2D eigenvalue weighted by atomic mass is 9.88. The SMILES string of the molecule is CCOCCN1C[C@@H]2CN(C)[C@@H](c3ccccc3C)[C@@H]2C1. The van der Waals surface area contributed by atoms with Crippen molar-refractivity contribution in [2.24, 2.45) is 11.8 Å². The fourth-order valence-corrected chi connectivity index (χ4v) is 4.26. The lowest BCUT2D eigenvalue weighted by Gasteiger charge is -2.28. The molecule has 2 heterocycles. The van der Waals surface area contributed by atoms with E-state index in [2.05, 4.69) is 55.0 Å². The fraction of sp³-hybridized carbons (Fsp3) is 0.667. The molecule has 21 heavy (non-hydrogen) atoms. The Hall–Kier alpha value is -0.900. The topological polar surface area (TPSA) is 15.7 Å². The van der Waals surface area contributed by atoms with Gasteiger partial charge in [0.05, 0.1) is 6.61 Å². The molecule has 0 N–H and O–H groups in total. The molecule has 0 unspecified atom stereocenters. The van der Waals surface area contributed by atoms with Crippen molar-refractivity contribution in [3.05, 3.63) is 35.4 Å². The van der Waals surface area contributed by atoms with Gasteiger partial charge in [-0.15, -0.1) is 0 Å².